The largest absolute Gasteiger partial charge is 0.271 e. The SMILES string of the molecule is O=C(N/N=C/c1ccc(Br)cc1)c1ccc(S(=O)(=O)N2CCCCC2)cc1. The van der Waals surface area contributed by atoms with Crippen LogP contribution in [0.4, 0.5) is 0 Å². The van der Waals surface area contributed by atoms with Crippen LogP contribution < -0.4 is 5.43 Å². The lowest BCUT2D eigenvalue weighted by molar-refractivity contribution is 0.0955. The first-order valence-corrected chi connectivity index (χ1v) is 10.9. The van der Waals surface area contributed by atoms with Gasteiger partial charge in [-0.05, 0) is 54.8 Å². The number of piperidine rings is 1. The number of halogens is 1. The van der Waals surface area contributed by atoms with Gasteiger partial charge >= 0.3 is 0 Å². The van der Waals surface area contributed by atoms with E-state index in [2.05, 4.69) is 26.5 Å². The van der Waals surface area contributed by atoms with E-state index in [1.165, 1.54) is 28.6 Å². The summed E-state index contributed by atoms with van der Waals surface area (Å²) in [5.41, 5.74) is 3.64. The van der Waals surface area contributed by atoms with E-state index in [4.69, 9.17) is 0 Å². The molecule has 1 aliphatic heterocycles. The number of nitrogens with zero attached hydrogens (tertiary/aromatic N) is 2. The topological polar surface area (TPSA) is 78.8 Å². The van der Waals surface area contributed by atoms with Crippen molar-refractivity contribution < 1.29 is 13.2 Å². The molecule has 2 aromatic carbocycles. The number of hydrazone groups is 1. The average molecular weight is 450 g/mol. The second-order valence-corrected chi connectivity index (χ2v) is 9.09. The number of nitrogens with one attached hydrogen (secondary N) is 1. The molecule has 0 spiro atoms. The van der Waals surface area contributed by atoms with Crippen LogP contribution in [0.3, 0.4) is 0 Å². The smallest absolute Gasteiger partial charge is 0.267 e. The first-order valence-electron chi connectivity index (χ1n) is 8.66. The standard InChI is InChI=1S/C19H20BrN3O3S/c20-17-8-4-15(5-9-17)14-21-22-19(24)16-6-10-18(11-7-16)27(25,26)23-12-2-1-3-13-23/h4-11,14H,1-3,12-13H2,(H,22,24)/b21-14+. The third-order valence-electron chi connectivity index (χ3n) is 4.32. The molecule has 1 heterocycles. The van der Waals surface area contributed by atoms with Gasteiger partial charge in [0, 0.05) is 23.1 Å². The summed E-state index contributed by atoms with van der Waals surface area (Å²) >= 11 is 3.35. The van der Waals surface area contributed by atoms with Crippen LogP contribution in [0.15, 0.2) is 63.0 Å². The predicted octanol–water partition coefficient (Wildman–Crippen LogP) is 3.39. The highest BCUT2D eigenvalue weighted by Crippen LogP contribution is 2.20. The molecule has 0 bridgehead atoms. The molecule has 6 nitrogen and oxygen atoms in total. The normalized spacial score (nSPS) is 15.7. The summed E-state index contributed by atoms with van der Waals surface area (Å²) in [6, 6.07) is 13.4. The zero-order chi connectivity index (χ0) is 19.3. The Balaban J connectivity index is 1.64. The lowest BCUT2D eigenvalue weighted by Gasteiger charge is -2.25. The molecule has 1 aliphatic rings. The molecular formula is C19H20BrN3O3S. The van der Waals surface area contributed by atoms with Crippen LogP contribution in [0.1, 0.15) is 35.2 Å². The van der Waals surface area contributed by atoms with E-state index in [1.54, 1.807) is 6.21 Å². The van der Waals surface area contributed by atoms with Gasteiger partial charge in [0.05, 0.1) is 11.1 Å². The second kappa shape index (κ2) is 8.77. The first kappa shape index (κ1) is 19.7. The molecule has 0 aliphatic carbocycles. The van der Waals surface area contributed by atoms with Crippen molar-refractivity contribution in [2.45, 2.75) is 24.2 Å². The Hall–Kier alpha value is -2.03. The molecule has 0 unspecified atom stereocenters. The van der Waals surface area contributed by atoms with Crippen LogP contribution >= 0.6 is 15.9 Å². The molecule has 0 aromatic heterocycles. The number of hydrogen-bond acceptors (Lipinski definition) is 4. The minimum absolute atomic E-state index is 0.208. The summed E-state index contributed by atoms with van der Waals surface area (Å²) in [5, 5.41) is 3.93. The molecule has 1 fully saturated rings. The van der Waals surface area contributed by atoms with Crippen molar-refractivity contribution in [1.29, 1.82) is 0 Å². The van der Waals surface area contributed by atoms with E-state index in [-0.39, 0.29) is 4.90 Å². The van der Waals surface area contributed by atoms with Gasteiger partial charge in [0.2, 0.25) is 10.0 Å². The quantitative estimate of drug-likeness (QED) is 0.561. The number of rotatable bonds is 5. The van der Waals surface area contributed by atoms with Gasteiger partial charge in [-0.3, -0.25) is 4.79 Å². The fourth-order valence-corrected chi connectivity index (χ4v) is 4.59. The molecule has 1 amide bonds. The van der Waals surface area contributed by atoms with Gasteiger partial charge in [-0.1, -0.05) is 34.5 Å². The van der Waals surface area contributed by atoms with E-state index >= 15 is 0 Å². The van der Waals surface area contributed by atoms with E-state index in [0.29, 0.717) is 18.7 Å². The van der Waals surface area contributed by atoms with Crippen molar-refractivity contribution >= 4 is 38.1 Å². The molecule has 0 radical (unpaired) electrons. The number of carbonyl (C=O) groups excluding carboxylic acids is 1. The molecule has 2 aromatic rings. The van der Waals surface area contributed by atoms with Gasteiger partial charge < -0.3 is 0 Å². The molecular weight excluding hydrogens is 430 g/mol. The molecule has 0 saturated carbocycles. The molecule has 27 heavy (non-hydrogen) atoms. The number of carbonyl (C=O) groups is 1. The Morgan fingerprint density at radius 3 is 2.26 bits per heavy atom. The molecule has 1 saturated heterocycles. The predicted molar refractivity (Wildman–Crippen MR) is 108 cm³/mol. The van der Waals surface area contributed by atoms with Gasteiger partial charge in [0.1, 0.15) is 0 Å². The van der Waals surface area contributed by atoms with Gasteiger partial charge in [-0.2, -0.15) is 9.41 Å². The summed E-state index contributed by atoms with van der Waals surface area (Å²) in [5.74, 6) is -0.398. The minimum Gasteiger partial charge on any atom is -0.267 e. The van der Waals surface area contributed by atoms with Crippen LogP contribution in [-0.4, -0.2) is 37.9 Å². The summed E-state index contributed by atoms with van der Waals surface area (Å²) < 4.78 is 27.7. The van der Waals surface area contributed by atoms with Gasteiger partial charge in [-0.15, -0.1) is 0 Å². The van der Waals surface area contributed by atoms with Crippen molar-refractivity contribution in [3.8, 4) is 0 Å². The van der Waals surface area contributed by atoms with E-state index < -0.39 is 15.9 Å². The molecule has 142 valence electrons. The number of hydrogen-bond donors (Lipinski definition) is 1. The summed E-state index contributed by atoms with van der Waals surface area (Å²) in [7, 11) is -3.49. The van der Waals surface area contributed by atoms with Gasteiger partial charge in [-0.25, -0.2) is 13.8 Å². The van der Waals surface area contributed by atoms with Gasteiger partial charge in [0.15, 0.2) is 0 Å². The van der Waals surface area contributed by atoms with E-state index in [0.717, 1.165) is 29.3 Å². The number of benzene rings is 2. The maximum atomic E-state index is 12.6. The number of sulfonamides is 1. The monoisotopic (exact) mass is 449 g/mol. The van der Waals surface area contributed by atoms with Crippen molar-refractivity contribution in [3.63, 3.8) is 0 Å². The number of amides is 1. The first-order chi connectivity index (χ1) is 13.0. The Morgan fingerprint density at radius 2 is 1.63 bits per heavy atom. The zero-order valence-electron chi connectivity index (χ0n) is 14.6. The fourth-order valence-electron chi connectivity index (χ4n) is 2.81. The third kappa shape index (κ3) is 5.03. The van der Waals surface area contributed by atoms with Crippen molar-refractivity contribution in [2.75, 3.05) is 13.1 Å². The van der Waals surface area contributed by atoms with Crippen LogP contribution in [0.5, 0.6) is 0 Å². The average Bonchev–Trinajstić information content (AvgIpc) is 2.70. The maximum absolute atomic E-state index is 12.6. The lowest BCUT2D eigenvalue weighted by atomic mass is 10.2. The Labute approximate surface area is 167 Å². The fraction of sp³-hybridized carbons (Fsp3) is 0.263. The zero-order valence-corrected chi connectivity index (χ0v) is 17.0. The van der Waals surface area contributed by atoms with Crippen LogP contribution in [0.25, 0.3) is 0 Å². The highest BCUT2D eigenvalue weighted by atomic mass is 79.9. The summed E-state index contributed by atoms with van der Waals surface area (Å²) in [6.45, 7) is 1.10. The highest BCUT2D eigenvalue weighted by Gasteiger charge is 2.25. The third-order valence-corrected chi connectivity index (χ3v) is 6.76. The Bertz CT molecular complexity index is 920. The molecule has 8 heteroatoms. The maximum Gasteiger partial charge on any atom is 0.271 e. The van der Waals surface area contributed by atoms with Crippen LogP contribution in [0.2, 0.25) is 0 Å². The lowest BCUT2D eigenvalue weighted by Crippen LogP contribution is -2.35. The van der Waals surface area contributed by atoms with Gasteiger partial charge in [0.25, 0.3) is 5.91 Å². The minimum atomic E-state index is -3.49. The molecule has 1 N–H and O–H groups in total. The van der Waals surface area contributed by atoms with Crippen LogP contribution in [-0.2, 0) is 10.0 Å². The highest BCUT2D eigenvalue weighted by molar-refractivity contribution is 9.10. The van der Waals surface area contributed by atoms with Crippen LogP contribution in [0, 0.1) is 0 Å². The Morgan fingerprint density at radius 1 is 1.00 bits per heavy atom. The summed E-state index contributed by atoms with van der Waals surface area (Å²) in [6.07, 6.45) is 4.37. The van der Waals surface area contributed by atoms with E-state index in [9.17, 15) is 13.2 Å². The van der Waals surface area contributed by atoms with Crippen molar-refractivity contribution in [2.24, 2.45) is 5.10 Å². The molecule has 0 atom stereocenters. The van der Waals surface area contributed by atoms with E-state index in [1.807, 2.05) is 24.3 Å². The molecule has 3 rings (SSSR count). The second-order valence-electron chi connectivity index (χ2n) is 6.24. The Kier molecular flexibility index (Phi) is 6.41. The van der Waals surface area contributed by atoms with Crippen molar-refractivity contribution in [1.82, 2.24) is 9.73 Å². The summed E-state index contributed by atoms with van der Waals surface area (Å²) in [4.78, 5) is 12.4. The van der Waals surface area contributed by atoms with Crippen molar-refractivity contribution in [3.05, 3.63) is 64.1 Å².